The van der Waals surface area contributed by atoms with Gasteiger partial charge in [0.2, 0.25) is 5.91 Å². The molecule has 0 aromatic carbocycles. The van der Waals surface area contributed by atoms with Crippen molar-refractivity contribution in [3.05, 3.63) is 34.3 Å². The zero-order chi connectivity index (χ0) is 14.5. The van der Waals surface area contributed by atoms with E-state index in [1.165, 1.54) is 0 Å². The number of nitrogens with zero attached hydrogens (tertiary/aromatic N) is 4. The number of aromatic nitrogens is 4. The predicted octanol–water partition coefficient (Wildman–Crippen LogP) is 2.26. The molecule has 1 N–H and O–H groups in total. The number of amides is 1. The highest BCUT2D eigenvalue weighted by Gasteiger charge is 2.18. The monoisotopic (exact) mass is 359 g/mol. The Hall–Kier alpha value is -1.34. The van der Waals surface area contributed by atoms with Crippen LogP contribution in [-0.2, 0) is 11.3 Å². The van der Waals surface area contributed by atoms with Crippen molar-refractivity contribution >= 4 is 33.4 Å². The SMILES string of the molecule is CCC(C(=O)NCCn1cc(Cl)cn1)n1cc(Br)cn1. The average molecular weight is 361 g/mol. The summed E-state index contributed by atoms with van der Waals surface area (Å²) in [5, 5.41) is 11.7. The minimum Gasteiger partial charge on any atom is -0.352 e. The Morgan fingerprint density at radius 2 is 2.25 bits per heavy atom. The topological polar surface area (TPSA) is 64.7 Å². The van der Waals surface area contributed by atoms with E-state index >= 15 is 0 Å². The Morgan fingerprint density at radius 3 is 2.80 bits per heavy atom. The highest BCUT2D eigenvalue weighted by molar-refractivity contribution is 9.10. The molecule has 0 bridgehead atoms. The molecule has 0 spiro atoms. The summed E-state index contributed by atoms with van der Waals surface area (Å²) < 4.78 is 4.20. The van der Waals surface area contributed by atoms with Crippen LogP contribution < -0.4 is 5.32 Å². The third-order valence-corrected chi connectivity index (χ3v) is 3.43. The van der Waals surface area contributed by atoms with Gasteiger partial charge in [0, 0.05) is 18.9 Å². The van der Waals surface area contributed by atoms with Crippen LogP contribution in [-0.4, -0.2) is 32.0 Å². The van der Waals surface area contributed by atoms with Gasteiger partial charge < -0.3 is 5.32 Å². The molecule has 0 fully saturated rings. The van der Waals surface area contributed by atoms with Crippen LogP contribution in [0.2, 0.25) is 5.02 Å². The summed E-state index contributed by atoms with van der Waals surface area (Å²) >= 11 is 9.10. The zero-order valence-electron chi connectivity index (χ0n) is 11.0. The predicted molar refractivity (Wildman–Crippen MR) is 79.5 cm³/mol. The Kier molecular flexibility index (Phi) is 5.19. The molecule has 0 radical (unpaired) electrons. The van der Waals surface area contributed by atoms with Gasteiger partial charge in [0.15, 0.2) is 0 Å². The Balaban J connectivity index is 1.86. The number of hydrogen-bond acceptors (Lipinski definition) is 3. The van der Waals surface area contributed by atoms with Crippen molar-refractivity contribution in [1.29, 1.82) is 0 Å². The van der Waals surface area contributed by atoms with E-state index in [9.17, 15) is 4.79 Å². The molecule has 1 unspecified atom stereocenters. The van der Waals surface area contributed by atoms with Crippen LogP contribution in [0.5, 0.6) is 0 Å². The van der Waals surface area contributed by atoms with Gasteiger partial charge in [-0.1, -0.05) is 18.5 Å². The number of carbonyl (C=O) groups is 1. The van der Waals surface area contributed by atoms with E-state index in [1.807, 2.05) is 6.92 Å². The summed E-state index contributed by atoms with van der Waals surface area (Å²) in [6, 6.07) is -0.303. The summed E-state index contributed by atoms with van der Waals surface area (Å²) in [7, 11) is 0. The normalized spacial score (nSPS) is 12.3. The lowest BCUT2D eigenvalue weighted by Crippen LogP contribution is -2.34. The van der Waals surface area contributed by atoms with E-state index in [4.69, 9.17) is 11.6 Å². The first kappa shape index (κ1) is 15.1. The molecule has 0 aliphatic carbocycles. The van der Waals surface area contributed by atoms with Gasteiger partial charge in [-0.3, -0.25) is 14.2 Å². The minimum absolute atomic E-state index is 0.0543. The Morgan fingerprint density at radius 1 is 1.45 bits per heavy atom. The third kappa shape index (κ3) is 3.83. The summed E-state index contributed by atoms with van der Waals surface area (Å²) in [5.41, 5.74) is 0. The van der Waals surface area contributed by atoms with Gasteiger partial charge in [-0.15, -0.1) is 0 Å². The molecule has 6 nitrogen and oxygen atoms in total. The fourth-order valence-corrected chi connectivity index (χ4v) is 2.31. The lowest BCUT2D eigenvalue weighted by molar-refractivity contribution is -0.124. The van der Waals surface area contributed by atoms with Crippen molar-refractivity contribution < 1.29 is 4.79 Å². The summed E-state index contributed by atoms with van der Waals surface area (Å²) in [6.07, 6.45) is 7.42. The average Bonchev–Trinajstić information content (AvgIpc) is 3.00. The largest absolute Gasteiger partial charge is 0.352 e. The van der Waals surface area contributed by atoms with Crippen LogP contribution in [0.15, 0.2) is 29.3 Å². The number of carbonyl (C=O) groups excluding carboxylic acids is 1. The van der Waals surface area contributed by atoms with Gasteiger partial charge in [-0.25, -0.2) is 0 Å². The Bertz CT molecular complexity index is 582. The highest BCUT2D eigenvalue weighted by atomic mass is 79.9. The van der Waals surface area contributed by atoms with Crippen molar-refractivity contribution in [1.82, 2.24) is 24.9 Å². The van der Waals surface area contributed by atoms with E-state index in [0.717, 1.165) is 4.47 Å². The second-order valence-corrected chi connectivity index (χ2v) is 5.63. The molecule has 0 aliphatic heterocycles. The van der Waals surface area contributed by atoms with Gasteiger partial charge >= 0.3 is 0 Å². The molecule has 2 aromatic heterocycles. The van der Waals surface area contributed by atoms with Crippen LogP contribution in [0.4, 0.5) is 0 Å². The first-order valence-corrected chi connectivity index (χ1v) is 7.42. The van der Waals surface area contributed by atoms with Crippen molar-refractivity contribution in [3.63, 3.8) is 0 Å². The first-order chi connectivity index (χ1) is 9.60. The molecule has 0 saturated carbocycles. The molecule has 0 aliphatic rings. The lowest BCUT2D eigenvalue weighted by Gasteiger charge is -2.15. The molecule has 1 atom stereocenters. The lowest BCUT2D eigenvalue weighted by atomic mass is 10.2. The molecule has 2 heterocycles. The molecule has 2 rings (SSSR count). The van der Waals surface area contributed by atoms with Crippen LogP contribution >= 0.6 is 27.5 Å². The summed E-state index contributed by atoms with van der Waals surface area (Å²) in [4.78, 5) is 12.1. The quantitative estimate of drug-likeness (QED) is 0.859. The number of hydrogen-bond donors (Lipinski definition) is 1. The van der Waals surface area contributed by atoms with Gasteiger partial charge in [0.05, 0.1) is 28.4 Å². The number of halogens is 2. The smallest absolute Gasteiger partial charge is 0.244 e. The third-order valence-electron chi connectivity index (χ3n) is 2.82. The van der Waals surface area contributed by atoms with Gasteiger partial charge in [-0.05, 0) is 22.4 Å². The van der Waals surface area contributed by atoms with E-state index < -0.39 is 0 Å². The molecule has 20 heavy (non-hydrogen) atoms. The fourth-order valence-electron chi connectivity index (χ4n) is 1.85. The minimum atomic E-state index is -0.303. The molecule has 8 heteroatoms. The van der Waals surface area contributed by atoms with Crippen LogP contribution in [0.3, 0.4) is 0 Å². The highest BCUT2D eigenvalue weighted by Crippen LogP contribution is 2.14. The van der Waals surface area contributed by atoms with Gasteiger partial charge in [0.1, 0.15) is 6.04 Å². The van der Waals surface area contributed by atoms with Gasteiger partial charge in [0.25, 0.3) is 0 Å². The maximum absolute atomic E-state index is 12.1. The molecule has 1 amide bonds. The summed E-state index contributed by atoms with van der Waals surface area (Å²) in [6.45, 7) is 3.03. The standard InChI is InChI=1S/C12H15BrClN5O/c1-2-11(19-7-9(13)5-17-19)12(20)15-3-4-18-8-10(14)6-16-18/h5-8,11H,2-4H2,1H3,(H,15,20). The first-order valence-electron chi connectivity index (χ1n) is 6.25. The second-order valence-electron chi connectivity index (χ2n) is 4.28. The van der Waals surface area contributed by atoms with Crippen LogP contribution in [0.25, 0.3) is 0 Å². The van der Waals surface area contributed by atoms with Crippen LogP contribution in [0.1, 0.15) is 19.4 Å². The molecular weight excluding hydrogens is 346 g/mol. The van der Waals surface area contributed by atoms with Crippen LogP contribution in [0, 0.1) is 0 Å². The van der Waals surface area contributed by atoms with E-state index in [-0.39, 0.29) is 11.9 Å². The van der Waals surface area contributed by atoms with Crippen molar-refractivity contribution in [2.45, 2.75) is 25.9 Å². The molecule has 2 aromatic rings. The summed E-state index contributed by atoms with van der Waals surface area (Å²) in [5.74, 6) is -0.0543. The zero-order valence-corrected chi connectivity index (χ0v) is 13.3. The number of nitrogens with one attached hydrogen (secondary N) is 1. The van der Waals surface area contributed by atoms with Crippen molar-refractivity contribution in [3.8, 4) is 0 Å². The molecule has 108 valence electrons. The molecular formula is C12H15BrClN5O. The maximum Gasteiger partial charge on any atom is 0.244 e. The molecule has 0 saturated heterocycles. The van der Waals surface area contributed by atoms with Gasteiger partial charge in [-0.2, -0.15) is 10.2 Å². The number of rotatable bonds is 6. The van der Waals surface area contributed by atoms with E-state index in [0.29, 0.717) is 24.5 Å². The van der Waals surface area contributed by atoms with E-state index in [2.05, 4.69) is 31.4 Å². The van der Waals surface area contributed by atoms with E-state index in [1.54, 1.807) is 34.2 Å². The van der Waals surface area contributed by atoms with Crippen molar-refractivity contribution in [2.24, 2.45) is 0 Å². The maximum atomic E-state index is 12.1. The Labute approximate surface area is 130 Å². The van der Waals surface area contributed by atoms with Crippen molar-refractivity contribution in [2.75, 3.05) is 6.54 Å². The fraction of sp³-hybridized carbons (Fsp3) is 0.417. The second kappa shape index (κ2) is 6.90.